The molecule has 3 rings (SSSR count). The lowest BCUT2D eigenvalue weighted by Crippen LogP contribution is -2.43. The first-order valence-electron chi connectivity index (χ1n) is 10.3. The second-order valence-electron chi connectivity index (χ2n) is 7.21. The van der Waals surface area contributed by atoms with Gasteiger partial charge in [0.2, 0.25) is 5.95 Å². The first-order chi connectivity index (χ1) is 14.6. The van der Waals surface area contributed by atoms with Gasteiger partial charge in [-0.15, -0.1) is 10.2 Å². The van der Waals surface area contributed by atoms with Crippen LogP contribution in [0.5, 0.6) is 5.75 Å². The maximum Gasteiger partial charge on any atom is 0.243 e. The van der Waals surface area contributed by atoms with Crippen LogP contribution in [0.2, 0.25) is 0 Å². The van der Waals surface area contributed by atoms with E-state index in [-0.39, 0.29) is 19.4 Å². The average Bonchev–Trinajstić information content (AvgIpc) is 2.75. The van der Waals surface area contributed by atoms with Crippen molar-refractivity contribution < 1.29 is 19.4 Å². The first-order valence-corrected chi connectivity index (χ1v) is 10.3. The fourth-order valence-electron chi connectivity index (χ4n) is 3.53. The minimum absolute atomic E-state index is 0.0807. The van der Waals surface area contributed by atoms with Crippen molar-refractivity contribution in [3.8, 4) is 17.0 Å². The summed E-state index contributed by atoms with van der Waals surface area (Å²) in [7, 11) is 0. The van der Waals surface area contributed by atoms with E-state index in [4.69, 9.17) is 14.6 Å². The Morgan fingerprint density at radius 1 is 1.37 bits per heavy atom. The van der Waals surface area contributed by atoms with Crippen molar-refractivity contribution in [3.63, 3.8) is 0 Å². The van der Waals surface area contributed by atoms with Crippen LogP contribution in [0.15, 0.2) is 18.2 Å². The smallest absolute Gasteiger partial charge is 0.243 e. The molecule has 2 N–H and O–H groups in total. The molecule has 2 aromatic rings. The Morgan fingerprint density at radius 2 is 2.23 bits per heavy atom. The molecule has 0 spiro atoms. The van der Waals surface area contributed by atoms with Gasteiger partial charge < -0.3 is 19.9 Å². The highest BCUT2D eigenvalue weighted by molar-refractivity contribution is 5.80. The number of hydrogen-bond donors (Lipinski definition) is 2. The van der Waals surface area contributed by atoms with Crippen LogP contribution < -0.4 is 10.1 Å². The number of aldehydes is 1. The molecule has 1 aliphatic rings. The van der Waals surface area contributed by atoms with E-state index in [0.717, 1.165) is 32.2 Å². The maximum atomic E-state index is 11.1. The Morgan fingerprint density at radius 3 is 2.97 bits per heavy atom. The number of nitrogens with zero attached hydrogens (tertiary/aromatic N) is 4. The van der Waals surface area contributed by atoms with E-state index in [2.05, 4.69) is 25.4 Å². The number of aromatic nitrogens is 3. The van der Waals surface area contributed by atoms with Crippen LogP contribution in [0, 0.1) is 6.92 Å². The lowest BCUT2D eigenvalue weighted by Gasteiger charge is -2.32. The van der Waals surface area contributed by atoms with Gasteiger partial charge in [-0.3, -0.25) is 9.69 Å². The van der Waals surface area contributed by atoms with Crippen LogP contribution >= 0.6 is 0 Å². The number of anilines is 1. The summed E-state index contributed by atoms with van der Waals surface area (Å²) in [6.07, 6.45) is 2.85. The fraction of sp³-hybridized carbons (Fsp3) is 0.524. The molecule has 1 fully saturated rings. The second-order valence-corrected chi connectivity index (χ2v) is 7.21. The summed E-state index contributed by atoms with van der Waals surface area (Å²) in [5, 5.41) is 21.2. The molecule has 1 aliphatic heterocycles. The van der Waals surface area contributed by atoms with E-state index in [1.54, 1.807) is 18.2 Å². The van der Waals surface area contributed by atoms with Gasteiger partial charge in [-0.25, -0.2) is 4.98 Å². The normalized spacial score (nSPS) is 17.0. The molecular weight excluding hydrogens is 386 g/mol. The maximum absolute atomic E-state index is 11.1. The highest BCUT2D eigenvalue weighted by Gasteiger charge is 2.21. The van der Waals surface area contributed by atoms with Crippen LogP contribution in [-0.2, 0) is 4.74 Å². The Hall–Kier alpha value is -2.62. The number of β-amino-alcohol motifs (C(OH)–C–C–N with tert-alkyl or cyclic N) is 1. The number of ether oxygens (including phenoxy) is 2. The van der Waals surface area contributed by atoms with E-state index in [9.17, 15) is 4.79 Å². The lowest BCUT2D eigenvalue weighted by molar-refractivity contribution is 0.0227. The summed E-state index contributed by atoms with van der Waals surface area (Å²) in [5.74, 6) is 0.980. The van der Waals surface area contributed by atoms with Gasteiger partial charge in [0.25, 0.3) is 0 Å². The van der Waals surface area contributed by atoms with Gasteiger partial charge in [-0.05, 0) is 45.4 Å². The summed E-state index contributed by atoms with van der Waals surface area (Å²) in [6, 6.07) is 5.37. The number of piperidine rings is 1. The predicted molar refractivity (Wildman–Crippen MR) is 113 cm³/mol. The highest BCUT2D eigenvalue weighted by atomic mass is 16.7. The molecule has 1 saturated heterocycles. The number of aryl methyl sites for hydroxylation is 1. The molecule has 0 radical (unpaired) electrons. The summed E-state index contributed by atoms with van der Waals surface area (Å²) in [6.45, 7) is 7.04. The molecule has 0 unspecified atom stereocenters. The standard InChI is InChI=1S/C21H29N5O4/c1-3-29-14-30-19-11-16(13-28)6-7-18(19)20-15(2)22-21(25-24-20)23-17-5-4-8-26(12-17)9-10-27/h6-7,11,13,17,27H,3-5,8-10,12,14H2,1-2H3,(H,22,23,25)/t17-/m1/s1. The number of aliphatic hydroxyl groups is 1. The lowest BCUT2D eigenvalue weighted by atomic mass is 10.1. The number of nitrogens with one attached hydrogen (secondary N) is 1. The van der Waals surface area contributed by atoms with Gasteiger partial charge in [0.05, 0.1) is 12.3 Å². The Balaban J connectivity index is 1.77. The van der Waals surface area contributed by atoms with Crippen molar-refractivity contribution in [2.24, 2.45) is 0 Å². The molecule has 162 valence electrons. The van der Waals surface area contributed by atoms with Crippen LogP contribution in [0.1, 0.15) is 35.8 Å². The molecule has 0 saturated carbocycles. The van der Waals surface area contributed by atoms with Gasteiger partial charge in [0, 0.05) is 36.9 Å². The average molecular weight is 415 g/mol. The first kappa shape index (κ1) is 22.1. The summed E-state index contributed by atoms with van der Waals surface area (Å²) < 4.78 is 11.0. The Labute approximate surface area is 176 Å². The number of rotatable bonds is 10. The molecule has 1 aromatic carbocycles. The monoisotopic (exact) mass is 415 g/mol. The van der Waals surface area contributed by atoms with E-state index in [1.807, 2.05) is 13.8 Å². The van der Waals surface area contributed by atoms with Crippen molar-refractivity contribution in [1.82, 2.24) is 20.1 Å². The van der Waals surface area contributed by atoms with Crippen LogP contribution in [0.4, 0.5) is 5.95 Å². The third-order valence-electron chi connectivity index (χ3n) is 5.01. The van der Waals surface area contributed by atoms with Gasteiger partial charge in [-0.2, -0.15) is 0 Å². The molecule has 9 nitrogen and oxygen atoms in total. The molecule has 9 heteroatoms. The molecule has 1 atom stereocenters. The molecule has 0 amide bonds. The topological polar surface area (TPSA) is 110 Å². The van der Waals surface area contributed by atoms with E-state index in [0.29, 0.717) is 47.4 Å². The number of likely N-dealkylation sites (tertiary alicyclic amines) is 1. The van der Waals surface area contributed by atoms with E-state index in [1.165, 1.54) is 0 Å². The zero-order chi connectivity index (χ0) is 21.3. The Bertz CT molecular complexity index is 846. The molecule has 30 heavy (non-hydrogen) atoms. The summed E-state index contributed by atoms with van der Waals surface area (Å²) in [4.78, 5) is 18.0. The number of benzene rings is 1. The summed E-state index contributed by atoms with van der Waals surface area (Å²) >= 11 is 0. The zero-order valence-corrected chi connectivity index (χ0v) is 17.5. The third-order valence-corrected chi connectivity index (χ3v) is 5.01. The number of hydrogen-bond acceptors (Lipinski definition) is 9. The van der Waals surface area contributed by atoms with Gasteiger partial charge in [-0.1, -0.05) is 6.07 Å². The van der Waals surface area contributed by atoms with Gasteiger partial charge in [0.15, 0.2) is 6.79 Å². The van der Waals surface area contributed by atoms with E-state index < -0.39 is 0 Å². The van der Waals surface area contributed by atoms with Crippen LogP contribution in [-0.4, -0.2) is 77.2 Å². The quantitative estimate of drug-likeness (QED) is 0.341. The van der Waals surface area contributed by atoms with Crippen molar-refractivity contribution >= 4 is 12.2 Å². The number of aliphatic hydroxyl groups excluding tert-OH is 1. The molecule has 0 aliphatic carbocycles. The summed E-state index contributed by atoms with van der Waals surface area (Å²) in [5.41, 5.74) is 2.51. The van der Waals surface area contributed by atoms with Gasteiger partial charge >= 0.3 is 0 Å². The minimum Gasteiger partial charge on any atom is -0.467 e. The molecule has 0 bridgehead atoms. The Kier molecular flexibility index (Phi) is 8.06. The zero-order valence-electron chi connectivity index (χ0n) is 17.5. The highest BCUT2D eigenvalue weighted by Crippen LogP contribution is 2.31. The third kappa shape index (κ3) is 5.71. The van der Waals surface area contributed by atoms with Crippen molar-refractivity contribution in [1.29, 1.82) is 0 Å². The fourth-order valence-corrected chi connectivity index (χ4v) is 3.53. The number of carbonyl (C=O) groups is 1. The van der Waals surface area contributed by atoms with E-state index >= 15 is 0 Å². The largest absolute Gasteiger partial charge is 0.467 e. The van der Waals surface area contributed by atoms with Crippen molar-refractivity contribution in [3.05, 3.63) is 29.5 Å². The molecular formula is C21H29N5O4. The van der Waals surface area contributed by atoms with Gasteiger partial charge in [0.1, 0.15) is 17.7 Å². The van der Waals surface area contributed by atoms with Crippen LogP contribution in [0.25, 0.3) is 11.3 Å². The molecule has 2 heterocycles. The second kappa shape index (κ2) is 11.0. The van der Waals surface area contributed by atoms with Crippen molar-refractivity contribution in [2.75, 3.05) is 45.0 Å². The number of carbonyl (C=O) groups excluding carboxylic acids is 1. The molecule has 1 aromatic heterocycles. The minimum atomic E-state index is 0.0807. The van der Waals surface area contributed by atoms with Crippen LogP contribution in [0.3, 0.4) is 0 Å². The predicted octanol–water partition coefficient (Wildman–Crippen LogP) is 1.90. The SMILES string of the molecule is CCOCOc1cc(C=O)ccc1-c1nnc(N[C@@H]2CCCN(CCO)C2)nc1C. The van der Waals surface area contributed by atoms with Crippen molar-refractivity contribution in [2.45, 2.75) is 32.7 Å².